The number of para-hydroxylation sites is 1. The highest BCUT2D eigenvalue weighted by molar-refractivity contribution is 7.80. The molecule has 0 fully saturated rings. The number of nitrogens with one attached hydrogen (secondary N) is 2. The van der Waals surface area contributed by atoms with E-state index < -0.39 is 6.04 Å². The maximum absolute atomic E-state index is 12.0. The Balaban J connectivity index is 2.14. The van der Waals surface area contributed by atoms with Crippen LogP contribution >= 0.6 is 12.6 Å². The molecule has 104 valence electrons. The van der Waals surface area contributed by atoms with Crippen molar-refractivity contribution in [1.82, 2.24) is 10.3 Å². The maximum Gasteiger partial charge on any atom is 0.247 e. The van der Waals surface area contributed by atoms with Crippen molar-refractivity contribution in [3.05, 3.63) is 36.5 Å². The minimum Gasteiger partial charge on any atom is -0.344 e. The Morgan fingerprint density at radius 2 is 2.10 bits per heavy atom. The van der Waals surface area contributed by atoms with E-state index in [1.807, 2.05) is 30.3 Å². The van der Waals surface area contributed by atoms with Crippen LogP contribution in [0.3, 0.4) is 0 Å². The predicted molar refractivity (Wildman–Crippen MR) is 81.8 cm³/mol. The summed E-state index contributed by atoms with van der Waals surface area (Å²) in [4.78, 5) is 27.3. The molecule has 0 aliphatic carbocycles. The molecule has 0 spiro atoms. The van der Waals surface area contributed by atoms with E-state index in [1.165, 1.54) is 6.92 Å². The summed E-state index contributed by atoms with van der Waals surface area (Å²) in [6.45, 7) is 1.36. The van der Waals surface area contributed by atoms with Gasteiger partial charge in [0.05, 0.1) is 17.4 Å². The highest BCUT2D eigenvalue weighted by atomic mass is 32.1. The first kappa shape index (κ1) is 14.3. The minimum absolute atomic E-state index is 0.229. The summed E-state index contributed by atoms with van der Waals surface area (Å²) in [6, 6.07) is 8.80. The summed E-state index contributed by atoms with van der Waals surface area (Å²) in [5, 5.41) is 6.20. The number of benzene rings is 1. The first-order valence-electron chi connectivity index (χ1n) is 6.14. The van der Waals surface area contributed by atoms with Crippen molar-refractivity contribution in [2.24, 2.45) is 0 Å². The molecular weight excluding hydrogens is 274 g/mol. The molecule has 1 atom stereocenters. The molecule has 2 N–H and O–H groups in total. The monoisotopic (exact) mass is 289 g/mol. The second kappa shape index (κ2) is 6.38. The van der Waals surface area contributed by atoms with Gasteiger partial charge >= 0.3 is 0 Å². The van der Waals surface area contributed by atoms with Crippen LogP contribution in [-0.2, 0) is 9.59 Å². The van der Waals surface area contributed by atoms with E-state index in [-0.39, 0.29) is 17.6 Å². The number of hydrogen-bond donors (Lipinski definition) is 3. The fourth-order valence-electron chi connectivity index (χ4n) is 1.81. The van der Waals surface area contributed by atoms with Gasteiger partial charge in [-0.05, 0) is 12.1 Å². The molecule has 1 aromatic carbocycles. The van der Waals surface area contributed by atoms with Gasteiger partial charge in [0.1, 0.15) is 6.04 Å². The van der Waals surface area contributed by atoms with E-state index in [0.717, 1.165) is 10.9 Å². The van der Waals surface area contributed by atoms with Crippen LogP contribution in [0.1, 0.15) is 6.92 Å². The van der Waals surface area contributed by atoms with E-state index in [4.69, 9.17) is 0 Å². The number of aromatic nitrogens is 1. The molecule has 1 aromatic heterocycles. The van der Waals surface area contributed by atoms with Crippen LogP contribution in [0.15, 0.2) is 36.5 Å². The number of carbonyl (C=O) groups excluding carboxylic acids is 2. The summed E-state index contributed by atoms with van der Waals surface area (Å²) in [6.07, 6.45) is 1.59. The lowest BCUT2D eigenvalue weighted by Crippen LogP contribution is -2.44. The Morgan fingerprint density at radius 1 is 1.35 bits per heavy atom. The molecule has 0 aliphatic heterocycles. The summed E-state index contributed by atoms with van der Waals surface area (Å²) in [5.41, 5.74) is 1.45. The maximum atomic E-state index is 12.0. The van der Waals surface area contributed by atoms with E-state index in [2.05, 4.69) is 28.2 Å². The van der Waals surface area contributed by atoms with Crippen molar-refractivity contribution in [2.75, 3.05) is 11.1 Å². The normalized spacial score (nSPS) is 11.9. The quantitative estimate of drug-likeness (QED) is 0.749. The van der Waals surface area contributed by atoms with Gasteiger partial charge in [0.15, 0.2) is 0 Å². The number of fused-ring (bicyclic) bond motifs is 1. The van der Waals surface area contributed by atoms with Crippen molar-refractivity contribution in [3.8, 4) is 0 Å². The van der Waals surface area contributed by atoms with Gasteiger partial charge < -0.3 is 10.6 Å². The fraction of sp³-hybridized carbons (Fsp3) is 0.214. The number of hydrogen-bond acceptors (Lipinski definition) is 4. The Morgan fingerprint density at radius 3 is 2.80 bits per heavy atom. The highest BCUT2D eigenvalue weighted by Gasteiger charge is 2.17. The van der Waals surface area contributed by atoms with Gasteiger partial charge in [-0.2, -0.15) is 12.6 Å². The lowest BCUT2D eigenvalue weighted by Gasteiger charge is -2.15. The van der Waals surface area contributed by atoms with Crippen molar-refractivity contribution >= 4 is 41.0 Å². The molecule has 0 bridgehead atoms. The zero-order valence-corrected chi connectivity index (χ0v) is 11.9. The molecule has 0 radical (unpaired) electrons. The first-order valence-corrected chi connectivity index (χ1v) is 6.77. The van der Waals surface area contributed by atoms with Gasteiger partial charge in [0.25, 0.3) is 0 Å². The lowest BCUT2D eigenvalue weighted by molar-refractivity contribution is -0.124. The molecule has 0 aliphatic rings. The predicted octanol–water partition coefficient (Wildman–Crippen LogP) is 1.61. The summed E-state index contributed by atoms with van der Waals surface area (Å²) in [7, 11) is 0. The lowest BCUT2D eigenvalue weighted by atomic mass is 10.2. The number of carbonyl (C=O) groups is 2. The third-order valence-electron chi connectivity index (χ3n) is 2.73. The van der Waals surface area contributed by atoms with Gasteiger partial charge in [0, 0.05) is 18.1 Å². The number of thiol groups is 1. The molecule has 2 amide bonds. The first-order chi connectivity index (χ1) is 9.60. The number of amides is 2. The van der Waals surface area contributed by atoms with Crippen molar-refractivity contribution in [3.63, 3.8) is 0 Å². The summed E-state index contributed by atoms with van der Waals surface area (Å²) in [5.74, 6) is -0.352. The highest BCUT2D eigenvalue weighted by Crippen LogP contribution is 2.16. The Hall–Kier alpha value is -2.08. The number of nitrogens with zero attached hydrogens (tertiary/aromatic N) is 1. The van der Waals surface area contributed by atoms with E-state index in [9.17, 15) is 9.59 Å². The summed E-state index contributed by atoms with van der Waals surface area (Å²) < 4.78 is 0. The number of rotatable bonds is 4. The Bertz CT molecular complexity index is 645. The van der Waals surface area contributed by atoms with Crippen molar-refractivity contribution < 1.29 is 9.59 Å². The smallest absolute Gasteiger partial charge is 0.247 e. The third kappa shape index (κ3) is 3.48. The van der Waals surface area contributed by atoms with Gasteiger partial charge in [-0.3, -0.25) is 14.6 Å². The van der Waals surface area contributed by atoms with E-state index >= 15 is 0 Å². The average Bonchev–Trinajstić information content (AvgIpc) is 2.44. The molecule has 5 nitrogen and oxygen atoms in total. The van der Waals surface area contributed by atoms with E-state index in [1.54, 1.807) is 6.20 Å². The molecule has 1 heterocycles. The van der Waals surface area contributed by atoms with Crippen LogP contribution in [0.2, 0.25) is 0 Å². The molecule has 20 heavy (non-hydrogen) atoms. The fourth-order valence-corrected chi connectivity index (χ4v) is 2.07. The second-order valence-corrected chi connectivity index (χ2v) is 4.71. The Kier molecular flexibility index (Phi) is 4.57. The zero-order chi connectivity index (χ0) is 14.5. The van der Waals surface area contributed by atoms with Crippen LogP contribution in [0.25, 0.3) is 10.9 Å². The number of pyridine rings is 1. The zero-order valence-electron chi connectivity index (χ0n) is 11.0. The van der Waals surface area contributed by atoms with Gasteiger partial charge in [-0.15, -0.1) is 0 Å². The molecule has 1 unspecified atom stereocenters. The molecule has 2 rings (SSSR count). The van der Waals surface area contributed by atoms with Crippen molar-refractivity contribution in [1.29, 1.82) is 0 Å². The molecule has 0 saturated carbocycles. The minimum atomic E-state index is -0.665. The molecule has 2 aromatic rings. The van der Waals surface area contributed by atoms with Crippen LogP contribution in [0.4, 0.5) is 5.69 Å². The molecule has 6 heteroatoms. The topological polar surface area (TPSA) is 71.1 Å². The van der Waals surface area contributed by atoms with E-state index in [0.29, 0.717) is 5.69 Å². The third-order valence-corrected chi connectivity index (χ3v) is 3.10. The Labute approximate surface area is 122 Å². The van der Waals surface area contributed by atoms with Crippen LogP contribution < -0.4 is 10.6 Å². The largest absolute Gasteiger partial charge is 0.344 e. The van der Waals surface area contributed by atoms with Gasteiger partial charge in [-0.1, -0.05) is 18.2 Å². The standard InChI is InChI=1S/C14H15N3O2S/c1-9(18)16-13(8-20)14(19)17-11-6-10-4-2-3-5-12(10)15-7-11/h2-7,13,20H,8H2,1H3,(H,16,18)(H,17,19). The summed E-state index contributed by atoms with van der Waals surface area (Å²) >= 11 is 4.06. The second-order valence-electron chi connectivity index (χ2n) is 4.34. The average molecular weight is 289 g/mol. The molecule has 0 saturated heterocycles. The van der Waals surface area contributed by atoms with Crippen LogP contribution in [0.5, 0.6) is 0 Å². The SMILES string of the molecule is CC(=O)NC(CS)C(=O)Nc1cnc2ccccc2c1. The van der Waals surface area contributed by atoms with Gasteiger partial charge in [0.2, 0.25) is 11.8 Å². The van der Waals surface area contributed by atoms with Crippen LogP contribution in [-0.4, -0.2) is 28.6 Å². The van der Waals surface area contributed by atoms with Crippen LogP contribution in [0, 0.1) is 0 Å². The number of anilines is 1. The van der Waals surface area contributed by atoms with Crippen molar-refractivity contribution in [2.45, 2.75) is 13.0 Å². The molecular formula is C14H15N3O2S. The van der Waals surface area contributed by atoms with Gasteiger partial charge in [-0.25, -0.2) is 0 Å².